The normalized spacial score (nSPS) is 13.6. The molecule has 142 valence electrons. The Labute approximate surface area is 148 Å². The lowest BCUT2D eigenvalue weighted by Gasteiger charge is -2.10. The average molecular weight is 343 g/mol. The van der Waals surface area contributed by atoms with E-state index in [-0.39, 0.29) is 6.42 Å². The molecule has 24 heavy (non-hydrogen) atoms. The zero-order chi connectivity index (χ0) is 18.2. The van der Waals surface area contributed by atoms with Gasteiger partial charge in [-0.1, -0.05) is 90.9 Å². The Hall–Kier alpha value is -1.06. The van der Waals surface area contributed by atoms with Crippen LogP contribution in [0.25, 0.3) is 0 Å². The van der Waals surface area contributed by atoms with Gasteiger partial charge in [-0.25, -0.2) is 0 Å². The molecule has 2 atom stereocenters. The first-order valence-corrected chi connectivity index (χ1v) is 9.92. The maximum atomic E-state index is 10.9. The van der Waals surface area contributed by atoms with E-state index in [1.165, 1.54) is 57.8 Å². The first-order valence-electron chi connectivity index (χ1n) is 9.92. The highest BCUT2D eigenvalue weighted by atomic mass is 16.4. The van der Waals surface area contributed by atoms with Gasteiger partial charge in [0.2, 0.25) is 0 Å². The minimum Gasteiger partial charge on any atom is -0.481 e. The lowest BCUT2D eigenvalue weighted by molar-refractivity contribution is -0.148. The summed E-state index contributed by atoms with van der Waals surface area (Å²) in [5.41, 5.74) is 0. The minimum atomic E-state index is -1.02. The third-order valence-corrected chi connectivity index (χ3v) is 4.80. The van der Waals surface area contributed by atoms with E-state index in [1.807, 2.05) is 0 Å². The fraction of sp³-hybridized carbons (Fsp3) is 0.900. The van der Waals surface area contributed by atoms with Crippen LogP contribution in [0.4, 0.5) is 0 Å². The summed E-state index contributed by atoms with van der Waals surface area (Å²) in [5, 5.41) is 17.7. The zero-order valence-electron chi connectivity index (χ0n) is 15.8. The molecule has 0 radical (unpaired) electrons. The molecule has 0 saturated carbocycles. The largest absolute Gasteiger partial charge is 0.481 e. The second kappa shape index (κ2) is 15.5. The van der Waals surface area contributed by atoms with Crippen molar-refractivity contribution in [2.75, 3.05) is 0 Å². The molecule has 0 heterocycles. The third kappa shape index (κ3) is 14.5. The van der Waals surface area contributed by atoms with Gasteiger partial charge >= 0.3 is 11.9 Å². The highest BCUT2D eigenvalue weighted by Gasteiger charge is 2.20. The van der Waals surface area contributed by atoms with E-state index < -0.39 is 17.9 Å². The SMILES string of the molecule is CCCC(C)CCCCCCCCCCCC(CC(=O)O)C(=O)O. The lowest BCUT2D eigenvalue weighted by atomic mass is 9.96. The Morgan fingerprint density at radius 1 is 0.750 bits per heavy atom. The summed E-state index contributed by atoms with van der Waals surface area (Å²) in [6.45, 7) is 4.61. The van der Waals surface area contributed by atoms with Crippen molar-refractivity contribution in [3.05, 3.63) is 0 Å². The summed E-state index contributed by atoms with van der Waals surface area (Å²) in [6, 6.07) is 0. The molecule has 0 aromatic rings. The molecule has 0 bridgehead atoms. The maximum absolute atomic E-state index is 10.9. The van der Waals surface area contributed by atoms with E-state index in [4.69, 9.17) is 10.2 Å². The second-order valence-corrected chi connectivity index (χ2v) is 7.29. The van der Waals surface area contributed by atoms with E-state index in [2.05, 4.69) is 13.8 Å². The Bertz CT molecular complexity index is 328. The highest BCUT2D eigenvalue weighted by molar-refractivity contribution is 5.77. The number of carboxylic acids is 2. The van der Waals surface area contributed by atoms with Crippen molar-refractivity contribution in [1.29, 1.82) is 0 Å². The van der Waals surface area contributed by atoms with Crippen LogP contribution in [0.15, 0.2) is 0 Å². The number of rotatable bonds is 17. The quantitative estimate of drug-likeness (QED) is 0.323. The predicted molar refractivity (Wildman–Crippen MR) is 98.2 cm³/mol. The second-order valence-electron chi connectivity index (χ2n) is 7.29. The standard InChI is InChI=1S/C20H38O4/c1-3-13-17(2)14-11-9-7-5-4-6-8-10-12-15-18(20(23)24)16-19(21)22/h17-18H,3-16H2,1-2H3,(H,21,22)(H,23,24). The highest BCUT2D eigenvalue weighted by Crippen LogP contribution is 2.18. The summed E-state index contributed by atoms with van der Waals surface area (Å²) in [6.07, 6.45) is 15.0. The molecule has 0 aromatic heterocycles. The summed E-state index contributed by atoms with van der Waals surface area (Å²) in [5.74, 6) is -1.85. The fourth-order valence-electron chi connectivity index (χ4n) is 3.28. The molecular weight excluding hydrogens is 304 g/mol. The molecule has 0 spiro atoms. The molecule has 0 aliphatic rings. The topological polar surface area (TPSA) is 74.6 Å². The molecule has 2 N–H and O–H groups in total. The summed E-state index contributed by atoms with van der Waals surface area (Å²) in [4.78, 5) is 21.5. The molecule has 0 saturated heterocycles. The molecule has 0 aliphatic carbocycles. The van der Waals surface area contributed by atoms with Gasteiger partial charge in [0.1, 0.15) is 0 Å². The lowest BCUT2D eigenvalue weighted by Crippen LogP contribution is -2.17. The van der Waals surface area contributed by atoms with Crippen LogP contribution in [0, 0.1) is 11.8 Å². The number of carboxylic acid groups (broad SMARTS) is 2. The number of hydrogen-bond acceptors (Lipinski definition) is 2. The van der Waals surface area contributed by atoms with E-state index in [0.29, 0.717) is 6.42 Å². The van der Waals surface area contributed by atoms with E-state index in [1.54, 1.807) is 0 Å². The number of hydrogen-bond donors (Lipinski definition) is 2. The van der Waals surface area contributed by atoms with Gasteiger partial charge in [0, 0.05) is 0 Å². The first kappa shape index (κ1) is 22.9. The van der Waals surface area contributed by atoms with Crippen LogP contribution >= 0.6 is 0 Å². The Morgan fingerprint density at radius 2 is 1.21 bits per heavy atom. The smallest absolute Gasteiger partial charge is 0.307 e. The van der Waals surface area contributed by atoms with Crippen LogP contribution in [0.1, 0.15) is 104 Å². The van der Waals surface area contributed by atoms with E-state index in [9.17, 15) is 9.59 Å². The molecule has 0 aromatic carbocycles. The molecular formula is C20H38O4. The van der Waals surface area contributed by atoms with Crippen LogP contribution in [-0.4, -0.2) is 22.2 Å². The molecule has 0 fully saturated rings. The van der Waals surface area contributed by atoms with Crippen LogP contribution < -0.4 is 0 Å². The third-order valence-electron chi connectivity index (χ3n) is 4.80. The van der Waals surface area contributed by atoms with Gasteiger partial charge < -0.3 is 10.2 Å². The van der Waals surface area contributed by atoms with Crippen molar-refractivity contribution in [3.63, 3.8) is 0 Å². The van der Waals surface area contributed by atoms with Crippen molar-refractivity contribution < 1.29 is 19.8 Å². The first-order chi connectivity index (χ1) is 11.5. The van der Waals surface area contributed by atoms with E-state index in [0.717, 1.165) is 25.2 Å². The molecule has 0 amide bonds. The van der Waals surface area contributed by atoms with Crippen molar-refractivity contribution in [2.24, 2.45) is 11.8 Å². The fourth-order valence-corrected chi connectivity index (χ4v) is 3.28. The van der Waals surface area contributed by atoms with E-state index >= 15 is 0 Å². The number of aliphatic carboxylic acids is 2. The van der Waals surface area contributed by atoms with Gasteiger partial charge in [-0.3, -0.25) is 9.59 Å². The van der Waals surface area contributed by atoms with Gasteiger partial charge in [-0.05, 0) is 12.3 Å². The Balaban J connectivity index is 3.38. The Kier molecular flexibility index (Phi) is 14.8. The van der Waals surface area contributed by atoms with Crippen LogP contribution in [0.3, 0.4) is 0 Å². The predicted octanol–water partition coefficient (Wildman–Crippen LogP) is 5.89. The van der Waals surface area contributed by atoms with Gasteiger partial charge in [-0.15, -0.1) is 0 Å². The minimum absolute atomic E-state index is 0.258. The summed E-state index contributed by atoms with van der Waals surface area (Å²) < 4.78 is 0. The van der Waals surface area contributed by atoms with Gasteiger partial charge in [0.25, 0.3) is 0 Å². The Morgan fingerprint density at radius 3 is 1.62 bits per heavy atom. The molecule has 4 heteroatoms. The molecule has 0 aliphatic heterocycles. The molecule has 4 nitrogen and oxygen atoms in total. The average Bonchev–Trinajstić information content (AvgIpc) is 2.51. The van der Waals surface area contributed by atoms with Crippen LogP contribution in [-0.2, 0) is 9.59 Å². The summed E-state index contributed by atoms with van der Waals surface area (Å²) in [7, 11) is 0. The van der Waals surface area contributed by atoms with Gasteiger partial charge in [0.15, 0.2) is 0 Å². The zero-order valence-corrected chi connectivity index (χ0v) is 15.8. The van der Waals surface area contributed by atoms with Crippen molar-refractivity contribution in [3.8, 4) is 0 Å². The molecule has 0 rings (SSSR count). The summed E-state index contributed by atoms with van der Waals surface area (Å²) >= 11 is 0. The van der Waals surface area contributed by atoms with Crippen LogP contribution in [0.2, 0.25) is 0 Å². The van der Waals surface area contributed by atoms with Crippen LogP contribution in [0.5, 0.6) is 0 Å². The van der Waals surface area contributed by atoms with Gasteiger partial charge in [0.05, 0.1) is 12.3 Å². The number of unbranched alkanes of at least 4 members (excludes halogenated alkanes) is 8. The van der Waals surface area contributed by atoms with Gasteiger partial charge in [-0.2, -0.15) is 0 Å². The van der Waals surface area contributed by atoms with Crippen molar-refractivity contribution >= 4 is 11.9 Å². The maximum Gasteiger partial charge on any atom is 0.307 e. The molecule has 2 unspecified atom stereocenters. The van der Waals surface area contributed by atoms with Crippen molar-refractivity contribution in [2.45, 2.75) is 104 Å². The monoisotopic (exact) mass is 342 g/mol. The number of carbonyl (C=O) groups is 2. The van der Waals surface area contributed by atoms with Crippen molar-refractivity contribution in [1.82, 2.24) is 0 Å².